The van der Waals surface area contributed by atoms with E-state index in [1.165, 1.54) is 0 Å². The van der Waals surface area contributed by atoms with Crippen LogP contribution < -0.4 is 17.3 Å². The van der Waals surface area contributed by atoms with E-state index in [4.69, 9.17) is 21.6 Å². The van der Waals surface area contributed by atoms with Crippen LogP contribution in [0.5, 0.6) is 0 Å². The van der Waals surface area contributed by atoms with Crippen LogP contribution in [0.3, 0.4) is 0 Å². The third-order valence-corrected chi connectivity index (χ3v) is 0.577. The van der Waals surface area contributed by atoms with Gasteiger partial charge in [0.25, 0.3) is 0 Å². The van der Waals surface area contributed by atoms with Gasteiger partial charge in [0.2, 0.25) is 0 Å². The molecule has 76 valence electrons. The standard InChI is InChI=1S/2C3H9N.H3N2O2/c2*1-2-3-4;1-2(3)4/h2*2-4H2,1H3;1H2,(H,3,4)/q;;+1. The lowest BCUT2D eigenvalue weighted by Crippen LogP contribution is -2.08. The molecule has 0 atom stereocenters. The first kappa shape index (κ1) is 17.3. The van der Waals surface area contributed by atoms with Crippen molar-refractivity contribution >= 4 is 0 Å². The van der Waals surface area contributed by atoms with Gasteiger partial charge in [0.15, 0.2) is 0 Å². The van der Waals surface area contributed by atoms with Crippen LogP contribution in [0.1, 0.15) is 26.7 Å². The molecule has 0 aliphatic rings. The van der Waals surface area contributed by atoms with Crippen molar-refractivity contribution < 1.29 is 10.2 Å². The van der Waals surface area contributed by atoms with Gasteiger partial charge >= 0.3 is 5.03 Å². The Bertz CT molecular complexity index is 67.9. The van der Waals surface area contributed by atoms with Crippen molar-refractivity contribution in [2.75, 3.05) is 13.1 Å². The van der Waals surface area contributed by atoms with E-state index in [1.54, 1.807) is 0 Å². The van der Waals surface area contributed by atoms with E-state index in [0.717, 1.165) is 25.9 Å². The highest BCUT2D eigenvalue weighted by atomic mass is 16.7. The zero-order valence-corrected chi connectivity index (χ0v) is 7.86. The smallest absolute Gasteiger partial charge is 0.330 e. The number of rotatable bonds is 2. The monoisotopic (exact) mass is 181 g/mol. The quantitative estimate of drug-likeness (QED) is 0.345. The third kappa shape index (κ3) is 479. The van der Waals surface area contributed by atoms with Crippen LogP contribution in [0.15, 0.2) is 0 Å². The Morgan fingerprint density at radius 2 is 1.25 bits per heavy atom. The van der Waals surface area contributed by atoms with Gasteiger partial charge in [-0.2, -0.15) is 0 Å². The predicted molar refractivity (Wildman–Crippen MR) is 48.3 cm³/mol. The summed E-state index contributed by atoms with van der Waals surface area (Å²) in [5.74, 6) is 3.94. The molecule has 0 aliphatic carbocycles. The maximum atomic E-state index is 8.69. The Morgan fingerprint density at radius 3 is 1.25 bits per heavy atom. The molecule has 0 aliphatic heterocycles. The second-order valence-electron chi connectivity index (χ2n) is 1.88. The molecular weight excluding hydrogens is 160 g/mol. The van der Waals surface area contributed by atoms with Gasteiger partial charge in [-0.3, -0.25) is 0 Å². The van der Waals surface area contributed by atoms with Gasteiger partial charge in [0.05, 0.1) is 0 Å². The zero-order valence-electron chi connectivity index (χ0n) is 7.86. The first-order valence-corrected chi connectivity index (χ1v) is 3.87. The van der Waals surface area contributed by atoms with Crippen LogP contribution in [-0.4, -0.2) is 23.3 Å². The second kappa shape index (κ2) is 22.5. The Balaban J connectivity index is -0.000000101. The fourth-order valence-corrected chi connectivity index (χ4v) is 0. The van der Waals surface area contributed by atoms with Crippen molar-refractivity contribution in [2.45, 2.75) is 26.7 Å². The van der Waals surface area contributed by atoms with Crippen LogP contribution in [-0.2, 0) is 0 Å². The number of hydrazine groups is 1. The first-order chi connectivity index (χ1) is 5.56. The van der Waals surface area contributed by atoms with E-state index in [-0.39, 0.29) is 0 Å². The molecule has 0 heterocycles. The maximum absolute atomic E-state index is 8.69. The summed E-state index contributed by atoms with van der Waals surface area (Å²) in [5, 5.41) is 6.36. The zero-order chi connectivity index (χ0) is 10.4. The predicted octanol–water partition coefficient (Wildman–Crippen LogP) is -0.262. The lowest BCUT2D eigenvalue weighted by molar-refractivity contribution is -0.801. The van der Waals surface area contributed by atoms with E-state index in [1.807, 2.05) is 0 Å². The van der Waals surface area contributed by atoms with E-state index >= 15 is 0 Å². The molecule has 0 unspecified atom stereocenters. The Kier molecular flexibility index (Phi) is 32.3. The average Bonchev–Trinajstić information content (AvgIpc) is 2.03. The van der Waals surface area contributed by atoms with Gasteiger partial charge in [-0.15, -0.1) is 5.84 Å². The number of nitrogens with zero attached hydrogens (tertiary/aromatic N) is 1. The van der Waals surface area contributed by atoms with Gasteiger partial charge < -0.3 is 11.5 Å². The molecule has 0 aromatic rings. The largest absolute Gasteiger partial charge is 0.352 e. The lowest BCUT2D eigenvalue weighted by Gasteiger charge is -1.70. The minimum absolute atomic E-state index is 0.750. The maximum Gasteiger partial charge on any atom is 0.352 e. The summed E-state index contributed by atoms with van der Waals surface area (Å²) in [5.41, 5.74) is 10.1. The molecule has 0 amide bonds. The van der Waals surface area contributed by atoms with Crippen LogP contribution >= 0.6 is 0 Å². The Morgan fingerprint density at radius 1 is 1.17 bits per heavy atom. The minimum Gasteiger partial charge on any atom is -0.330 e. The highest BCUT2D eigenvalue weighted by Gasteiger charge is 1.72. The topological polar surface area (TPSA) is 118 Å². The van der Waals surface area contributed by atoms with Crippen molar-refractivity contribution in [2.24, 2.45) is 17.3 Å². The molecule has 6 nitrogen and oxygen atoms in total. The normalized spacial score (nSPS) is 7.00. The van der Waals surface area contributed by atoms with E-state index in [2.05, 4.69) is 19.7 Å². The number of nitrogens with two attached hydrogens (primary N) is 3. The van der Waals surface area contributed by atoms with Crippen LogP contribution in [0.2, 0.25) is 0 Å². The summed E-state index contributed by atoms with van der Waals surface area (Å²) >= 11 is 0. The average molecular weight is 181 g/mol. The molecule has 0 saturated heterocycles. The van der Waals surface area contributed by atoms with Gasteiger partial charge in [0.1, 0.15) is 4.91 Å². The number of hydrogen-bond donors (Lipinski definition) is 4. The molecule has 0 aromatic carbocycles. The van der Waals surface area contributed by atoms with Gasteiger partial charge in [-0.05, 0) is 25.9 Å². The van der Waals surface area contributed by atoms with Crippen molar-refractivity contribution in [3.63, 3.8) is 0 Å². The van der Waals surface area contributed by atoms with E-state index in [9.17, 15) is 0 Å². The van der Waals surface area contributed by atoms with Crippen molar-refractivity contribution in [3.05, 3.63) is 4.91 Å². The molecule has 12 heavy (non-hydrogen) atoms. The number of hydrogen-bond acceptors (Lipinski definition) is 3. The lowest BCUT2D eigenvalue weighted by atomic mass is 10.5. The molecule has 0 bridgehead atoms. The summed E-state index contributed by atoms with van der Waals surface area (Å²) in [4.78, 5) is 8.69. The van der Waals surface area contributed by atoms with E-state index < -0.39 is 5.03 Å². The van der Waals surface area contributed by atoms with Crippen molar-refractivity contribution in [1.82, 2.24) is 0 Å². The molecular formula is C6H21N4O2+. The highest BCUT2D eigenvalue weighted by molar-refractivity contribution is 4.19. The van der Waals surface area contributed by atoms with Crippen LogP contribution in [0, 0.1) is 4.91 Å². The second-order valence-corrected chi connectivity index (χ2v) is 1.88. The van der Waals surface area contributed by atoms with E-state index in [0.29, 0.717) is 0 Å². The van der Waals surface area contributed by atoms with Crippen molar-refractivity contribution in [1.29, 1.82) is 0 Å². The van der Waals surface area contributed by atoms with Gasteiger partial charge in [0, 0.05) is 0 Å². The molecule has 6 heteroatoms. The van der Waals surface area contributed by atoms with Crippen molar-refractivity contribution in [3.8, 4) is 0 Å². The highest BCUT2D eigenvalue weighted by Crippen LogP contribution is 1.57. The SMILES string of the molecule is CCCN.CCCN.N[N+](=O)O. The summed E-state index contributed by atoms with van der Waals surface area (Å²) in [6, 6.07) is 0. The molecule has 0 saturated carbocycles. The minimum atomic E-state index is -0.750. The molecule has 7 N–H and O–H groups in total. The van der Waals surface area contributed by atoms with Gasteiger partial charge in [-0.1, -0.05) is 13.8 Å². The molecule has 0 aromatic heterocycles. The van der Waals surface area contributed by atoms with Crippen LogP contribution in [0.4, 0.5) is 0 Å². The fourth-order valence-electron chi connectivity index (χ4n) is 0. The van der Waals surface area contributed by atoms with Crippen LogP contribution in [0.25, 0.3) is 0 Å². The molecule has 0 fully saturated rings. The molecule has 0 spiro atoms. The Hall–Kier alpha value is -0.880. The first-order valence-electron chi connectivity index (χ1n) is 3.87. The summed E-state index contributed by atoms with van der Waals surface area (Å²) in [7, 11) is 0. The summed E-state index contributed by atoms with van der Waals surface area (Å²) < 4.78 is 0. The Labute approximate surface area is 73.2 Å². The van der Waals surface area contributed by atoms with Gasteiger partial charge in [-0.25, -0.2) is 5.21 Å². The third-order valence-electron chi connectivity index (χ3n) is 0.577. The summed E-state index contributed by atoms with van der Waals surface area (Å²) in [6.07, 6.45) is 2.19. The summed E-state index contributed by atoms with van der Waals surface area (Å²) in [6.45, 7) is 5.75. The molecule has 0 radical (unpaired) electrons. The molecule has 0 rings (SSSR count). The fraction of sp³-hybridized carbons (Fsp3) is 1.00.